The second-order valence-corrected chi connectivity index (χ2v) is 7.09. The molecule has 5 nitrogen and oxygen atoms in total. The van der Waals surface area contributed by atoms with Crippen molar-refractivity contribution >= 4 is 29.9 Å². The average molecular weight is 476 g/mol. The van der Waals surface area contributed by atoms with Crippen molar-refractivity contribution in [1.29, 1.82) is 0 Å². The summed E-state index contributed by atoms with van der Waals surface area (Å²) in [6.45, 7) is 3.50. The van der Waals surface area contributed by atoms with E-state index in [0.717, 1.165) is 38.2 Å². The molecule has 25 heavy (non-hydrogen) atoms. The van der Waals surface area contributed by atoms with E-state index in [4.69, 9.17) is 4.74 Å². The van der Waals surface area contributed by atoms with Crippen LogP contribution in [0.15, 0.2) is 4.99 Å². The number of hydrogen-bond donors (Lipinski definition) is 2. The molecule has 146 valence electrons. The Hall–Kier alpha value is -0.290. The van der Waals surface area contributed by atoms with Gasteiger partial charge in [-0.15, -0.1) is 24.0 Å². The van der Waals surface area contributed by atoms with Crippen LogP contribution in [0.4, 0.5) is 13.2 Å². The fourth-order valence-electron chi connectivity index (χ4n) is 3.96. The maximum Gasteiger partial charge on any atom is 0.401 e. The van der Waals surface area contributed by atoms with E-state index in [-0.39, 0.29) is 36.0 Å². The quantitative estimate of drug-likeness (QED) is 0.364. The third-order valence-corrected chi connectivity index (χ3v) is 5.05. The summed E-state index contributed by atoms with van der Waals surface area (Å²) in [6.07, 6.45) is 0.559. The van der Waals surface area contributed by atoms with E-state index in [1.807, 2.05) is 6.92 Å². The topological polar surface area (TPSA) is 48.9 Å². The Bertz CT molecular complexity index is 463. The molecule has 3 rings (SSSR count). The summed E-state index contributed by atoms with van der Waals surface area (Å²) in [5.74, 6) is 0.951. The predicted octanol–water partition coefficient (Wildman–Crippen LogP) is 2.36. The van der Waals surface area contributed by atoms with Crippen molar-refractivity contribution < 1.29 is 17.9 Å². The summed E-state index contributed by atoms with van der Waals surface area (Å²) in [5.41, 5.74) is 0. The molecule has 3 heterocycles. The molecule has 0 radical (unpaired) electrons. The Labute approximate surface area is 164 Å². The second-order valence-electron chi connectivity index (χ2n) is 7.09. The van der Waals surface area contributed by atoms with Gasteiger partial charge in [-0.2, -0.15) is 13.2 Å². The van der Waals surface area contributed by atoms with Gasteiger partial charge in [-0.3, -0.25) is 9.89 Å². The van der Waals surface area contributed by atoms with Crippen LogP contribution in [0.5, 0.6) is 0 Å². The molecule has 0 aromatic rings. The molecule has 2 N–H and O–H groups in total. The van der Waals surface area contributed by atoms with E-state index in [0.29, 0.717) is 31.8 Å². The number of guanidine groups is 1. The molecular formula is C16H28F3IN4O. The van der Waals surface area contributed by atoms with Gasteiger partial charge < -0.3 is 15.4 Å². The van der Waals surface area contributed by atoms with Crippen molar-refractivity contribution in [2.45, 2.75) is 57.0 Å². The molecule has 3 fully saturated rings. The second kappa shape index (κ2) is 9.07. The van der Waals surface area contributed by atoms with Gasteiger partial charge in [-0.25, -0.2) is 0 Å². The van der Waals surface area contributed by atoms with Gasteiger partial charge in [0.15, 0.2) is 5.96 Å². The van der Waals surface area contributed by atoms with Crippen molar-refractivity contribution in [3.63, 3.8) is 0 Å². The Balaban J connectivity index is 0.00000225. The summed E-state index contributed by atoms with van der Waals surface area (Å²) < 4.78 is 43.2. The fraction of sp³-hybridized carbons (Fsp3) is 0.938. The first kappa shape index (κ1) is 21.0. The van der Waals surface area contributed by atoms with Crippen molar-refractivity contribution in [3.05, 3.63) is 0 Å². The number of halogens is 4. The van der Waals surface area contributed by atoms with Gasteiger partial charge in [0.05, 0.1) is 24.8 Å². The lowest BCUT2D eigenvalue weighted by atomic mass is 9.96. The number of nitrogens with zero attached hydrogens (tertiary/aromatic N) is 2. The normalized spacial score (nSPS) is 32.7. The van der Waals surface area contributed by atoms with Gasteiger partial charge in [0.1, 0.15) is 0 Å². The Morgan fingerprint density at radius 2 is 2.08 bits per heavy atom. The summed E-state index contributed by atoms with van der Waals surface area (Å²) in [6, 6.07) is 0.298. The lowest BCUT2D eigenvalue weighted by Crippen LogP contribution is -2.47. The minimum Gasteiger partial charge on any atom is -0.373 e. The van der Waals surface area contributed by atoms with Crippen molar-refractivity contribution in [3.8, 4) is 0 Å². The van der Waals surface area contributed by atoms with E-state index >= 15 is 0 Å². The molecule has 3 aliphatic heterocycles. The largest absolute Gasteiger partial charge is 0.401 e. The molecule has 9 heteroatoms. The monoisotopic (exact) mass is 476 g/mol. The highest BCUT2D eigenvalue weighted by Gasteiger charge is 2.41. The smallest absolute Gasteiger partial charge is 0.373 e. The third-order valence-electron chi connectivity index (χ3n) is 5.05. The molecular weight excluding hydrogens is 448 g/mol. The minimum atomic E-state index is -4.11. The number of hydrogen-bond acceptors (Lipinski definition) is 3. The number of alkyl halides is 3. The number of fused-ring (bicyclic) bond motifs is 2. The first-order chi connectivity index (χ1) is 11.4. The lowest BCUT2D eigenvalue weighted by molar-refractivity contribution is -0.143. The maximum absolute atomic E-state index is 12.4. The minimum absolute atomic E-state index is 0. The number of rotatable bonds is 5. The fourth-order valence-corrected chi connectivity index (χ4v) is 3.96. The van der Waals surface area contributed by atoms with E-state index in [1.165, 1.54) is 4.90 Å². The van der Waals surface area contributed by atoms with Crippen molar-refractivity contribution in [1.82, 2.24) is 15.5 Å². The molecule has 0 aliphatic carbocycles. The summed E-state index contributed by atoms with van der Waals surface area (Å²) in [5, 5.41) is 6.67. The zero-order valence-electron chi connectivity index (χ0n) is 14.5. The van der Waals surface area contributed by atoms with E-state index < -0.39 is 12.7 Å². The van der Waals surface area contributed by atoms with Gasteiger partial charge in [0.25, 0.3) is 0 Å². The first-order valence-electron chi connectivity index (χ1n) is 8.92. The number of nitrogens with one attached hydrogen (secondary N) is 2. The summed E-state index contributed by atoms with van der Waals surface area (Å²) >= 11 is 0. The molecule has 0 aromatic heterocycles. The van der Waals surface area contributed by atoms with Crippen LogP contribution in [0.25, 0.3) is 0 Å². The van der Waals surface area contributed by atoms with E-state index in [1.54, 1.807) is 0 Å². The van der Waals surface area contributed by atoms with Crippen LogP contribution in [0.3, 0.4) is 0 Å². The van der Waals surface area contributed by atoms with Crippen LogP contribution in [0, 0.1) is 5.92 Å². The molecule has 0 spiro atoms. The first-order valence-corrected chi connectivity index (χ1v) is 8.92. The molecule has 0 aromatic carbocycles. The summed E-state index contributed by atoms with van der Waals surface area (Å²) in [4.78, 5) is 6.08. The molecule has 2 bridgehead atoms. The van der Waals surface area contributed by atoms with Crippen molar-refractivity contribution in [2.24, 2.45) is 10.9 Å². The summed E-state index contributed by atoms with van der Waals surface area (Å²) in [7, 11) is 0. The van der Waals surface area contributed by atoms with Gasteiger partial charge >= 0.3 is 6.18 Å². The van der Waals surface area contributed by atoms with Crippen molar-refractivity contribution in [2.75, 3.05) is 32.7 Å². The Kier molecular flexibility index (Phi) is 7.63. The number of aliphatic imine (C=N–C) groups is 1. The predicted molar refractivity (Wildman–Crippen MR) is 101 cm³/mol. The van der Waals surface area contributed by atoms with Crippen LogP contribution in [-0.2, 0) is 4.74 Å². The molecule has 0 saturated carbocycles. The number of likely N-dealkylation sites (tertiary alicyclic amines) is 1. The molecule has 4 atom stereocenters. The molecule has 3 saturated heterocycles. The average Bonchev–Trinajstić information content (AvgIpc) is 3.20. The zero-order chi connectivity index (χ0) is 17.2. The number of ether oxygens (including phenoxy) is 1. The van der Waals surface area contributed by atoms with Crippen LogP contribution in [-0.4, -0.2) is 68.0 Å². The molecule has 0 amide bonds. The third kappa shape index (κ3) is 6.13. The van der Waals surface area contributed by atoms with Crippen LogP contribution < -0.4 is 10.6 Å². The van der Waals surface area contributed by atoms with Gasteiger partial charge in [0, 0.05) is 19.6 Å². The lowest BCUT2D eigenvalue weighted by Gasteiger charge is -2.23. The Morgan fingerprint density at radius 1 is 1.28 bits per heavy atom. The Morgan fingerprint density at radius 3 is 2.68 bits per heavy atom. The van der Waals surface area contributed by atoms with E-state index in [2.05, 4.69) is 15.6 Å². The van der Waals surface area contributed by atoms with Gasteiger partial charge in [-0.1, -0.05) is 0 Å². The van der Waals surface area contributed by atoms with Crippen LogP contribution in [0.1, 0.15) is 32.6 Å². The standard InChI is InChI=1S/C16H27F3N4O.HI/c1-2-20-15(22-13-7-12-3-4-14(13)24-12)21-8-11-5-6-23(9-11)10-16(17,18)19;/h11-14H,2-10H2,1H3,(H2,20,21,22);1H. The van der Waals surface area contributed by atoms with Crippen LogP contribution >= 0.6 is 24.0 Å². The molecule has 4 unspecified atom stereocenters. The zero-order valence-corrected chi connectivity index (χ0v) is 16.8. The molecule has 3 aliphatic rings. The van der Waals surface area contributed by atoms with E-state index in [9.17, 15) is 13.2 Å². The van der Waals surface area contributed by atoms with Crippen LogP contribution in [0.2, 0.25) is 0 Å². The highest BCUT2D eigenvalue weighted by molar-refractivity contribution is 14.0. The highest BCUT2D eigenvalue weighted by Crippen LogP contribution is 2.34. The SMILES string of the molecule is CCNC(=NCC1CCN(CC(F)(F)F)C1)NC1CC2CCC1O2.I. The van der Waals surface area contributed by atoms with Gasteiger partial charge in [-0.05, 0) is 45.1 Å². The highest BCUT2D eigenvalue weighted by atomic mass is 127. The maximum atomic E-state index is 12.4. The van der Waals surface area contributed by atoms with Gasteiger partial charge in [0.2, 0.25) is 0 Å².